The highest BCUT2D eigenvalue weighted by molar-refractivity contribution is 5.31. The van der Waals surface area contributed by atoms with Gasteiger partial charge in [-0.25, -0.2) is 4.39 Å². The Morgan fingerprint density at radius 2 is 2.21 bits per heavy atom. The zero-order valence-corrected chi connectivity index (χ0v) is 11.9. The molecule has 0 amide bonds. The van der Waals surface area contributed by atoms with E-state index < -0.39 is 0 Å². The number of rotatable bonds is 8. The van der Waals surface area contributed by atoms with Crippen LogP contribution in [0.1, 0.15) is 38.2 Å². The van der Waals surface area contributed by atoms with E-state index in [1.165, 1.54) is 20.0 Å². The van der Waals surface area contributed by atoms with Gasteiger partial charge in [0.15, 0.2) is 11.6 Å². The van der Waals surface area contributed by atoms with E-state index >= 15 is 0 Å². The third kappa shape index (κ3) is 4.20. The smallest absolute Gasteiger partial charge is 0.168 e. The lowest BCUT2D eigenvalue weighted by molar-refractivity contribution is 0.380. The van der Waals surface area contributed by atoms with E-state index in [2.05, 4.69) is 12.2 Å². The Morgan fingerprint density at radius 3 is 2.84 bits per heavy atom. The second kappa shape index (κ2) is 6.90. The first-order chi connectivity index (χ1) is 9.24. The summed E-state index contributed by atoms with van der Waals surface area (Å²) in [6.07, 6.45) is 5.70. The number of halogens is 1. The molecule has 1 aliphatic carbocycles. The van der Waals surface area contributed by atoms with Crippen LogP contribution >= 0.6 is 0 Å². The predicted molar refractivity (Wildman–Crippen MR) is 76.1 cm³/mol. The minimum Gasteiger partial charge on any atom is -0.494 e. The fourth-order valence-electron chi connectivity index (χ4n) is 2.48. The highest BCUT2D eigenvalue weighted by Gasteiger charge is 2.26. The molecule has 1 N–H and O–H groups in total. The average Bonchev–Trinajstić information content (AvgIpc) is 3.22. The van der Waals surface area contributed by atoms with E-state index in [9.17, 15) is 4.39 Å². The molecule has 1 saturated carbocycles. The zero-order valence-electron chi connectivity index (χ0n) is 11.9. The van der Waals surface area contributed by atoms with Crippen molar-refractivity contribution in [2.75, 3.05) is 13.7 Å². The summed E-state index contributed by atoms with van der Waals surface area (Å²) < 4.78 is 19.2. The number of methoxy groups -OCH3 is 1. The lowest BCUT2D eigenvalue weighted by atomic mass is 10.00. The largest absolute Gasteiger partial charge is 0.494 e. The fraction of sp³-hybridized carbons (Fsp3) is 0.625. The van der Waals surface area contributed by atoms with Gasteiger partial charge < -0.3 is 10.1 Å². The van der Waals surface area contributed by atoms with Crippen LogP contribution < -0.4 is 10.1 Å². The molecule has 0 spiro atoms. The number of ether oxygens (including phenoxy) is 1. The van der Waals surface area contributed by atoms with Crippen LogP contribution in [-0.4, -0.2) is 19.7 Å². The van der Waals surface area contributed by atoms with Crippen LogP contribution in [0.4, 0.5) is 4.39 Å². The van der Waals surface area contributed by atoms with Gasteiger partial charge >= 0.3 is 0 Å². The molecule has 2 rings (SSSR count). The maximum atomic E-state index is 14.2. The van der Waals surface area contributed by atoms with Gasteiger partial charge in [0.2, 0.25) is 0 Å². The Morgan fingerprint density at radius 1 is 1.42 bits per heavy atom. The van der Waals surface area contributed by atoms with Gasteiger partial charge in [0.25, 0.3) is 0 Å². The van der Waals surface area contributed by atoms with Gasteiger partial charge in [0.05, 0.1) is 7.11 Å². The van der Waals surface area contributed by atoms with Crippen molar-refractivity contribution < 1.29 is 9.13 Å². The standard InChI is InChI=1S/C16H24FNO/c1-3-9-18-14(10-12-7-8-12)11-13-5-4-6-15(19-2)16(13)17/h4-6,12,14,18H,3,7-11H2,1-2H3. The van der Waals surface area contributed by atoms with Crippen LogP contribution in [0.25, 0.3) is 0 Å². The molecule has 0 aromatic heterocycles. The summed E-state index contributed by atoms with van der Waals surface area (Å²) in [6.45, 7) is 3.16. The number of hydrogen-bond donors (Lipinski definition) is 1. The van der Waals surface area contributed by atoms with Gasteiger partial charge in [-0.3, -0.25) is 0 Å². The molecular weight excluding hydrogens is 241 g/mol. The molecular formula is C16H24FNO. The summed E-state index contributed by atoms with van der Waals surface area (Å²) in [5, 5.41) is 3.55. The SMILES string of the molecule is CCCNC(Cc1cccc(OC)c1F)CC1CC1. The van der Waals surface area contributed by atoms with Gasteiger partial charge in [0.1, 0.15) is 0 Å². The van der Waals surface area contributed by atoms with Gasteiger partial charge in [-0.05, 0) is 43.4 Å². The Hall–Kier alpha value is -1.09. The summed E-state index contributed by atoms with van der Waals surface area (Å²) in [6, 6.07) is 5.79. The van der Waals surface area contributed by atoms with Crippen LogP contribution in [0.15, 0.2) is 18.2 Å². The van der Waals surface area contributed by atoms with Gasteiger partial charge in [0, 0.05) is 6.04 Å². The molecule has 0 saturated heterocycles. The van der Waals surface area contributed by atoms with Gasteiger partial charge in [-0.2, -0.15) is 0 Å². The number of nitrogens with one attached hydrogen (secondary N) is 1. The maximum absolute atomic E-state index is 14.2. The summed E-state index contributed by atoms with van der Waals surface area (Å²) in [7, 11) is 1.51. The van der Waals surface area contributed by atoms with Gasteiger partial charge in [-0.15, -0.1) is 0 Å². The van der Waals surface area contributed by atoms with Crippen molar-refractivity contribution in [2.24, 2.45) is 5.92 Å². The Bertz CT molecular complexity index is 404. The molecule has 1 atom stereocenters. The van der Waals surface area contributed by atoms with Crippen molar-refractivity contribution in [3.63, 3.8) is 0 Å². The van der Waals surface area contributed by atoms with E-state index in [-0.39, 0.29) is 5.82 Å². The van der Waals surface area contributed by atoms with Crippen molar-refractivity contribution in [1.29, 1.82) is 0 Å². The fourth-order valence-corrected chi connectivity index (χ4v) is 2.48. The maximum Gasteiger partial charge on any atom is 0.168 e. The Balaban J connectivity index is 2.02. The normalized spacial score (nSPS) is 16.4. The van der Waals surface area contributed by atoms with Crippen LogP contribution in [-0.2, 0) is 6.42 Å². The van der Waals surface area contributed by atoms with Crippen molar-refractivity contribution in [2.45, 2.75) is 45.1 Å². The molecule has 1 unspecified atom stereocenters. The molecule has 0 radical (unpaired) electrons. The number of benzene rings is 1. The monoisotopic (exact) mass is 265 g/mol. The van der Waals surface area contributed by atoms with Crippen LogP contribution in [0.3, 0.4) is 0 Å². The summed E-state index contributed by atoms with van der Waals surface area (Å²) in [5.41, 5.74) is 0.758. The van der Waals surface area contributed by atoms with E-state index in [0.717, 1.165) is 37.3 Å². The topological polar surface area (TPSA) is 21.3 Å². The summed E-state index contributed by atoms with van der Waals surface area (Å²) in [5.74, 6) is 0.991. The Kier molecular flexibility index (Phi) is 5.20. The average molecular weight is 265 g/mol. The van der Waals surface area contributed by atoms with Crippen LogP contribution in [0, 0.1) is 11.7 Å². The lowest BCUT2D eigenvalue weighted by Crippen LogP contribution is -2.32. The van der Waals surface area contributed by atoms with Crippen molar-refractivity contribution >= 4 is 0 Å². The van der Waals surface area contributed by atoms with E-state index in [4.69, 9.17) is 4.74 Å². The van der Waals surface area contributed by atoms with E-state index in [1.807, 2.05) is 12.1 Å². The molecule has 0 aliphatic heterocycles. The van der Waals surface area contributed by atoms with Crippen LogP contribution in [0.2, 0.25) is 0 Å². The second-order valence-electron chi connectivity index (χ2n) is 5.47. The summed E-state index contributed by atoms with van der Waals surface area (Å²) in [4.78, 5) is 0. The zero-order chi connectivity index (χ0) is 13.7. The predicted octanol–water partition coefficient (Wildman–Crippen LogP) is 3.55. The highest BCUT2D eigenvalue weighted by Crippen LogP contribution is 2.34. The first-order valence-corrected chi connectivity index (χ1v) is 7.29. The second-order valence-corrected chi connectivity index (χ2v) is 5.47. The number of hydrogen-bond acceptors (Lipinski definition) is 2. The third-order valence-electron chi connectivity index (χ3n) is 3.73. The van der Waals surface area contributed by atoms with Crippen molar-refractivity contribution in [1.82, 2.24) is 5.32 Å². The molecule has 1 fully saturated rings. The molecule has 106 valence electrons. The molecule has 1 aromatic carbocycles. The summed E-state index contributed by atoms with van der Waals surface area (Å²) >= 11 is 0. The van der Waals surface area contributed by atoms with Crippen LogP contribution in [0.5, 0.6) is 5.75 Å². The molecule has 0 bridgehead atoms. The molecule has 1 aromatic rings. The quantitative estimate of drug-likeness (QED) is 0.776. The van der Waals surface area contributed by atoms with Crippen molar-refractivity contribution in [3.8, 4) is 5.75 Å². The lowest BCUT2D eigenvalue weighted by Gasteiger charge is -2.19. The van der Waals surface area contributed by atoms with E-state index in [0.29, 0.717) is 11.8 Å². The minimum absolute atomic E-state index is 0.205. The molecule has 1 aliphatic rings. The first kappa shape index (κ1) is 14.3. The third-order valence-corrected chi connectivity index (χ3v) is 3.73. The van der Waals surface area contributed by atoms with E-state index in [1.54, 1.807) is 6.07 Å². The Labute approximate surface area is 115 Å². The first-order valence-electron chi connectivity index (χ1n) is 7.29. The molecule has 19 heavy (non-hydrogen) atoms. The minimum atomic E-state index is -0.205. The van der Waals surface area contributed by atoms with Gasteiger partial charge in [-0.1, -0.05) is 31.9 Å². The highest BCUT2D eigenvalue weighted by atomic mass is 19.1. The molecule has 0 heterocycles. The van der Waals surface area contributed by atoms with Crippen molar-refractivity contribution in [3.05, 3.63) is 29.6 Å². The molecule has 3 heteroatoms. The molecule has 2 nitrogen and oxygen atoms in total.